The van der Waals surface area contributed by atoms with Crippen molar-refractivity contribution in [1.29, 1.82) is 0 Å². The van der Waals surface area contributed by atoms with Gasteiger partial charge < -0.3 is 0 Å². The number of rotatable bonds is 2. The molecule has 2 rings (SSSR count). The highest BCUT2D eigenvalue weighted by molar-refractivity contribution is 8.00. The van der Waals surface area contributed by atoms with Crippen molar-refractivity contribution < 1.29 is 0 Å². The fourth-order valence-corrected chi connectivity index (χ4v) is 3.78. The van der Waals surface area contributed by atoms with E-state index in [1.165, 1.54) is 36.3 Å². The summed E-state index contributed by atoms with van der Waals surface area (Å²) in [5, 5.41) is 0. The van der Waals surface area contributed by atoms with Gasteiger partial charge in [0.05, 0.1) is 4.21 Å². The van der Waals surface area contributed by atoms with E-state index in [1.807, 2.05) is 23.1 Å². The lowest BCUT2D eigenvalue weighted by Crippen LogP contribution is -2.01. The molecule has 13 heavy (non-hydrogen) atoms. The van der Waals surface area contributed by atoms with Gasteiger partial charge in [-0.2, -0.15) is 0 Å². The van der Waals surface area contributed by atoms with E-state index in [0.29, 0.717) is 0 Å². The normalized spacial score (nSPS) is 19.2. The van der Waals surface area contributed by atoms with Gasteiger partial charge >= 0.3 is 0 Å². The lowest BCUT2D eigenvalue weighted by Gasteiger charge is -2.19. The zero-order valence-corrected chi connectivity index (χ0v) is 9.72. The van der Waals surface area contributed by atoms with Crippen LogP contribution >= 0.6 is 23.1 Å². The molecule has 0 saturated heterocycles. The maximum absolute atomic E-state index is 2.34. The highest BCUT2D eigenvalue weighted by Crippen LogP contribution is 2.38. The van der Waals surface area contributed by atoms with Crippen molar-refractivity contribution in [3.8, 4) is 0 Å². The molecule has 1 aromatic rings. The highest BCUT2D eigenvalue weighted by atomic mass is 32.2. The van der Waals surface area contributed by atoms with E-state index in [1.54, 1.807) is 4.88 Å². The van der Waals surface area contributed by atoms with Crippen molar-refractivity contribution in [2.75, 3.05) is 6.26 Å². The Bertz CT molecular complexity index is 259. The minimum absolute atomic E-state index is 0.889. The summed E-state index contributed by atoms with van der Waals surface area (Å²) in [7, 11) is 0. The molecule has 1 aliphatic carbocycles. The average molecular weight is 212 g/mol. The van der Waals surface area contributed by atoms with Gasteiger partial charge in [-0.25, -0.2) is 0 Å². The molecule has 1 heterocycles. The van der Waals surface area contributed by atoms with Crippen molar-refractivity contribution in [2.24, 2.45) is 0 Å². The number of thioether (sulfide) groups is 1. The second kappa shape index (κ2) is 4.52. The van der Waals surface area contributed by atoms with Crippen LogP contribution in [0.3, 0.4) is 0 Å². The number of thiophene rings is 1. The summed E-state index contributed by atoms with van der Waals surface area (Å²) in [4.78, 5) is 1.63. The van der Waals surface area contributed by atoms with E-state index >= 15 is 0 Å². The summed E-state index contributed by atoms with van der Waals surface area (Å²) in [6, 6.07) is 4.62. The van der Waals surface area contributed by atoms with Crippen LogP contribution in [0.4, 0.5) is 0 Å². The first-order valence-electron chi connectivity index (χ1n) is 5.04. The summed E-state index contributed by atoms with van der Waals surface area (Å²) in [5.41, 5.74) is 0. The molecule has 72 valence electrons. The molecule has 1 fully saturated rings. The predicted molar refractivity (Wildman–Crippen MR) is 61.9 cm³/mol. The Hall–Kier alpha value is 0.0500. The molecule has 0 nitrogen and oxygen atoms in total. The monoisotopic (exact) mass is 212 g/mol. The fraction of sp³-hybridized carbons (Fsp3) is 0.636. The second-order valence-electron chi connectivity index (χ2n) is 3.70. The van der Waals surface area contributed by atoms with Gasteiger partial charge in [-0.15, -0.1) is 23.1 Å². The summed E-state index contributed by atoms with van der Waals surface area (Å²) >= 11 is 3.87. The third-order valence-corrected chi connectivity index (χ3v) is 5.14. The fourth-order valence-electron chi connectivity index (χ4n) is 2.05. The van der Waals surface area contributed by atoms with E-state index in [0.717, 1.165) is 5.92 Å². The highest BCUT2D eigenvalue weighted by Gasteiger charge is 2.16. The third-order valence-electron chi connectivity index (χ3n) is 2.81. The Morgan fingerprint density at radius 1 is 1.23 bits per heavy atom. The molecule has 0 amide bonds. The average Bonchev–Trinajstić information content (AvgIpc) is 2.67. The summed E-state index contributed by atoms with van der Waals surface area (Å²) in [5.74, 6) is 0.889. The first-order chi connectivity index (χ1) is 6.40. The minimum Gasteiger partial charge on any atom is -0.134 e. The van der Waals surface area contributed by atoms with Crippen LogP contribution in [-0.2, 0) is 0 Å². The van der Waals surface area contributed by atoms with Crippen LogP contribution in [0.2, 0.25) is 0 Å². The molecule has 0 spiro atoms. The van der Waals surface area contributed by atoms with Crippen LogP contribution in [0.25, 0.3) is 0 Å². The zero-order valence-electron chi connectivity index (χ0n) is 8.08. The molecule has 0 unspecified atom stereocenters. The van der Waals surface area contributed by atoms with E-state index in [2.05, 4.69) is 18.4 Å². The minimum atomic E-state index is 0.889. The van der Waals surface area contributed by atoms with Crippen molar-refractivity contribution in [3.05, 3.63) is 17.0 Å². The summed E-state index contributed by atoms with van der Waals surface area (Å²) < 4.78 is 1.47. The molecule has 1 aromatic heterocycles. The third kappa shape index (κ3) is 2.29. The van der Waals surface area contributed by atoms with E-state index in [-0.39, 0.29) is 0 Å². The molecule has 1 saturated carbocycles. The summed E-state index contributed by atoms with van der Waals surface area (Å²) in [6.45, 7) is 0. The Labute approximate surface area is 88.7 Å². The van der Waals surface area contributed by atoms with Gasteiger partial charge in [0.2, 0.25) is 0 Å². The van der Waals surface area contributed by atoms with E-state index < -0.39 is 0 Å². The lowest BCUT2D eigenvalue weighted by atomic mass is 9.88. The van der Waals surface area contributed by atoms with Crippen LogP contribution in [0.15, 0.2) is 16.3 Å². The molecule has 0 atom stereocenters. The Morgan fingerprint density at radius 3 is 2.62 bits per heavy atom. The van der Waals surface area contributed by atoms with Gasteiger partial charge in [-0.05, 0) is 37.1 Å². The van der Waals surface area contributed by atoms with Gasteiger partial charge in [0.1, 0.15) is 0 Å². The van der Waals surface area contributed by atoms with Crippen LogP contribution in [0, 0.1) is 0 Å². The van der Waals surface area contributed by atoms with Crippen LogP contribution in [-0.4, -0.2) is 6.26 Å². The lowest BCUT2D eigenvalue weighted by molar-refractivity contribution is 0.448. The van der Waals surface area contributed by atoms with Gasteiger partial charge in [-0.1, -0.05) is 19.3 Å². The maximum atomic E-state index is 2.34. The van der Waals surface area contributed by atoms with Crippen LogP contribution in [0.1, 0.15) is 42.9 Å². The predicted octanol–water partition coefficient (Wildman–Crippen LogP) is 4.52. The Balaban J connectivity index is 2.05. The zero-order chi connectivity index (χ0) is 9.10. The Kier molecular flexibility index (Phi) is 3.33. The Morgan fingerprint density at radius 2 is 2.00 bits per heavy atom. The van der Waals surface area contributed by atoms with Crippen molar-refractivity contribution in [1.82, 2.24) is 0 Å². The number of hydrogen-bond acceptors (Lipinski definition) is 2. The largest absolute Gasteiger partial charge is 0.134 e. The number of hydrogen-bond donors (Lipinski definition) is 0. The van der Waals surface area contributed by atoms with Crippen molar-refractivity contribution in [2.45, 2.75) is 42.2 Å². The molecule has 0 aliphatic heterocycles. The molecule has 1 aliphatic rings. The van der Waals surface area contributed by atoms with Crippen LogP contribution < -0.4 is 0 Å². The molecule has 0 N–H and O–H groups in total. The van der Waals surface area contributed by atoms with Crippen LogP contribution in [0.5, 0.6) is 0 Å². The van der Waals surface area contributed by atoms with E-state index in [9.17, 15) is 0 Å². The van der Waals surface area contributed by atoms with Crippen molar-refractivity contribution >= 4 is 23.1 Å². The van der Waals surface area contributed by atoms with Gasteiger partial charge in [-0.3, -0.25) is 0 Å². The van der Waals surface area contributed by atoms with E-state index in [4.69, 9.17) is 0 Å². The molecule has 0 radical (unpaired) electrons. The van der Waals surface area contributed by atoms with Gasteiger partial charge in [0.15, 0.2) is 0 Å². The quantitative estimate of drug-likeness (QED) is 0.650. The molecular weight excluding hydrogens is 196 g/mol. The molecular formula is C11H16S2. The van der Waals surface area contributed by atoms with Gasteiger partial charge in [0, 0.05) is 4.88 Å². The first kappa shape index (κ1) is 9.60. The SMILES string of the molecule is CSc1ccc(C2CCCCC2)s1. The topological polar surface area (TPSA) is 0 Å². The standard InChI is InChI=1S/C11H16S2/c1-12-11-8-7-10(13-11)9-5-3-2-4-6-9/h7-9H,2-6H2,1H3. The molecule has 0 bridgehead atoms. The summed E-state index contributed by atoms with van der Waals surface area (Å²) in [6.07, 6.45) is 9.35. The van der Waals surface area contributed by atoms with Crippen molar-refractivity contribution in [3.63, 3.8) is 0 Å². The maximum Gasteiger partial charge on any atom is 0.0598 e. The smallest absolute Gasteiger partial charge is 0.0598 e. The first-order valence-corrected chi connectivity index (χ1v) is 7.08. The molecule has 0 aromatic carbocycles. The molecule has 2 heteroatoms. The second-order valence-corrected chi connectivity index (χ2v) is 5.92. The van der Waals surface area contributed by atoms with Gasteiger partial charge in [0.25, 0.3) is 0 Å².